The summed E-state index contributed by atoms with van der Waals surface area (Å²) in [6.07, 6.45) is 0. The van der Waals surface area contributed by atoms with E-state index in [-0.39, 0.29) is 11.9 Å². The number of anilines is 1. The minimum atomic E-state index is -0.0421. The Labute approximate surface area is 109 Å². The van der Waals surface area contributed by atoms with Crippen molar-refractivity contribution < 1.29 is 9.53 Å². The van der Waals surface area contributed by atoms with Gasteiger partial charge in [-0.25, -0.2) is 0 Å². The van der Waals surface area contributed by atoms with Crippen LogP contribution in [-0.2, 0) is 4.74 Å². The van der Waals surface area contributed by atoms with Crippen LogP contribution in [0.2, 0.25) is 0 Å². The summed E-state index contributed by atoms with van der Waals surface area (Å²) >= 11 is 0. The van der Waals surface area contributed by atoms with E-state index in [0.717, 1.165) is 5.56 Å². The van der Waals surface area contributed by atoms with Gasteiger partial charge in [-0.1, -0.05) is 6.07 Å². The molecule has 0 saturated carbocycles. The first-order valence-corrected chi connectivity index (χ1v) is 6.13. The first-order chi connectivity index (χ1) is 8.47. The normalized spacial score (nSPS) is 10.7. The van der Waals surface area contributed by atoms with Crippen molar-refractivity contribution in [1.29, 1.82) is 0 Å². The molecule has 1 aromatic carbocycles. The Balaban J connectivity index is 2.94. The Morgan fingerprint density at radius 3 is 2.61 bits per heavy atom. The maximum atomic E-state index is 12.4. The van der Waals surface area contributed by atoms with Crippen LogP contribution in [0.25, 0.3) is 0 Å². The van der Waals surface area contributed by atoms with Gasteiger partial charge in [-0.15, -0.1) is 0 Å². The number of nitrogens with two attached hydrogens (primary N) is 1. The molecular weight excluding hydrogens is 228 g/mol. The van der Waals surface area contributed by atoms with Gasteiger partial charge in [0.2, 0.25) is 0 Å². The molecule has 18 heavy (non-hydrogen) atoms. The molecule has 1 aromatic rings. The topological polar surface area (TPSA) is 55.6 Å². The number of ether oxygens (including phenoxy) is 1. The van der Waals surface area contributed by atoms with Crippen molar-refractivity contribution in [2.75, 3.05) is 26.0 Å². The van der Waals surface area contributed by atoms with Crippen LogP contribution < -0.4 is 5.73 Å². The monoisotopic (exact) mass is 250 g/mol. The number of amides is 1. The third kappa shape index (κ3) is 3.47. The molecule has 0 saturated heterocycles. The number of hydrogen-bond donors (Lipinski definition) is 1. The van der Waals surface area contributed by atoms with Crippen LogP contribution in [0.1, 0.15) is 29.8 Å². The molecule has 4 nitrogen and oxygen atoms in total. The van der Waals surface area contributed by atoms with Gasteiger partial charge in [0.1, 0.15) is 0 Å². The van der Waals surface area contributed by atoms with Crippen LogP contribution >= 0.6 is 0 Å². The van der Waals surface area contributed by atoms with Crippen molar-refractivity contribution in [1.82, 2.24) is 4.90 Å². The quantitative estimate of drug-likeness (QED) is 0.814. The molecule has 1 amide bonds. The lowest BCUT2D eigenvalue weighted by atomic mass is 10.1. The van der Waals surface area contributed by atoms with Gasteiger partial charge in [0.15, 0.2) is 0 Å². The Kier molecular flexibility index (Phi) is 5.16. The summed E-state index contributed by atoms with van der Waals surface area (Å²) in [4.78, 5) is 14.2. The van der Waals surface area contributed by atoms with E-state index in [0.29, 0.717) is 24.4 Å². The number of aryl methyl sites for hydroxylation is 1. The van der Waals surface area contributed by atoms with Gasteiger partial charge in [-0.05, 0) is 38.5 Å². The Morgan fingerprint density at radius 2 is 2.11 bits per heavy atom. The summed E-state index contributed by atoms with van der Waals surface area (Å²) in [5, 5.41) is 0. The molecule has 0 heterocycles. The fraction of sp³-hybridized carbons (Fsp3) is 0.500. The van der Waals surface area contributed by atoms with Crippen LogP contribution in [0.4, 0.5) is 5.69 Å². The second kappa shape index (κ2) is 6.40. The Bertz CT molecular complexity index is 416. The van der Waals surface area contributed by atoms with E-state index in [9.17, 15) is 4.79 Å². The zero-order valence-corrected chi connectivity index (χ0v) is 11.6. The van der Waals surface area contributed by atoms with Crippen molar-refractivity contribution in [3.63, 3.8) is 0 Å². The molecule has 0 fully saturated rings. The average molecular weight is 250 g/mol. The van der Waals surface area contributed by atoms with Crippen molar-refractivity contribution in [3.8, 4) is 0 Å². The van der Waals surface area contributed by atoms with Crippen molar-refractivity contribution in [2.24, 2.45) is 0 Å². The Hall–Kier alpha value is -1.55. The third-order valence-electron chi connectivity index (χ3n) is 2.86. The molecule has 0 aliphatic heterocycles. The van der Waals surface area contributed by atoms with Crippen molar-refractivity contribution >= 4 is 11.6 Å². The highest BCUT2D eigenvalue weighted by molar-refractivity contribution is 5.99. The number of carbonyl (C=O) groups is 1. The number of methoxy groups -OCH3 is 1. The van der Waals surface area contributed by atoms with Gasteiger partial charge in [0.05, 0.1) is 12.2 Å². The maximum absolute atomic E-state index is 12.4. The summed E-state index contributed by atoms with van der Waals surface area (Å²) in [6, 6.07) is 5.63. The molecule has 100 valence electrons. The molecule has 0 aliphatic rings. The smallest absolute Gasteiger partial charge is 0.256 e. The van der Waals surface area contributed by atoms with Crippen LogP contribution in [0.3, 0.4) is 0 Å². The molecule has 4 heteroatoms. The van der Waals surface area contributed by atoms with E-state index < -0.39 is 0 Å². The van der Waals surface area contributed by atoms with E-state index in [2.05, 4.69) is 0 Å². The molecule has 0 atom stereocenters. The van der Waals surface area contributed by atoms with E-state index in [1.165, 1.54) is 0 Å². The zero-order valence-electron chi connectivity index (χ0n) is 11.6. The van der Waals surface area contributed by atoms with Gasteiger partial charge >= 0.3 is 0 Å². The lowest BCUT2D eigenvalue weighted by Gasteiger charge is -2.27. The zero-order chi connectivity index (χ0) is 13.7. The lowest BCUT2D eigenvalue weighted by molar-refractivity contribution is 0.0636. The minimum absolute atomic E-state index is 0.0421. The Morgan fingerprint density at radius 1 is 1.44 bits per heavy atom. The molecule has 0 spiro atoms. The van der Waals surface area contributed by atoms with Crippen LogP contribution in [0.5, 0.6) is 0 Å². The van der Waals surface area contributed by atoms with E-state index in [4.69, 9.17) is 10.5 Å². The van der Waals surface area contributed by atoms with E-state index in [1.807, 2.05) is 32.9 Å². The van der Waals surface area contributed by atoms with Crippen molar-refractivity contribution in [2.45, 2.75) is 26.8 Å². The second-order valence-electron chi connectivity index (χ2n) is 4.68. The van der Waals surface area contributed by atoms with Gasteiger partial charge < -0.3 is 15.4 Å². The van der Waals surface area contributed by atoms with Gasteiger partial charge in [-0.2, -0.15) is 0 Å². The molecule has 1 rings (SSSR count). The molecule has 0 aromatic heterocycles. The fourth-order valence-electron chi connectivity index (χ4n) is 1.82. The maximum Gasteiger partial charge on any atom is 0.256 e. The van der Waals surface area contributed by atoms with Crippen LogP contribution in [-0.4, -0.2) is 37.1 Å². The number of benzene rings is 1. The van der Waals surface area contributed by atoms with E-state index in [1.54, 1.807) is 18.1 Å². The highest BCUT2D eigenvalue weighted by atomic mass is 16.5. The summed E-state index contributed by atoms with van der Waals surface area (Å²) in [7, 11) is 1.63. The summed E-state index contributed by atoms with van der Waals surface area (Å²) in [6.45, 7) is 7.02. The standard InChI is InChI=1S/C14H22N2O2/c1-10(2)16(7-8-18-4)14(17)12-6-5-11(3)9-13(12)15/h5-6,9-10H,7-8,15H2,1-4H3. The number of nitrogen functional groups attached to an aromatic ring is 1. The third-order valence-corrected chi connectivity index (χ3v) is 2.86. The first-order valence-electron chi connectivity index (χ1n) is 6.13. The number of hydrogen-bond acceptors (Lipinski definition) is 3. The summed E-state index contributed by atoms with van der Waals surface area (Å²) in [5.74, 6) is -0.0421. The summed E-state index contributed by atoms with van der Waals surface area (Å²) in [5.41, 5.74) is 8.05. The van der Waals surface area contributed by atoms with Crippen LogP contribution in [0.15, 0.2) is 18.2 Å². The van der Waals surface area contributed by atoms with Gasteiger partial charge in [0.25, 0.3) is 5.91 Å². The molecule has 0 unspecified atom stereocenters. The lowest BCUT2D eigenvalue weighted by Crippen LogP contribution is -2.39. The predicted molar refractivity (Wildman–Crippen MR) is 73.6 cm³/mol. The number of nitrogens with zero attached hydrogens (tertiary/aromatic N) is 1. The summed E-state index contributed by atoms with van der Waals surface area (Å²) < 4.78 is 5.03. The number of carbonyl (C=O) groups excluding carboxylic acids is 1. The average Bonchev–Trinajstić information content (AvgIpc) is 2.28. The molecule has 0 bridgehead atoms. The fourth-order valence-corrected chi connectivity index (χ4v) is 1.82. The van der Waals surface area contributed by atoms with Crippen LogP contribution in [0, 0.1) is 6.92 Å². The minimum Gasteiger partial charge on any atom is -0.398 e. The SMILES string of the molecule is COCCN(C(=O)c1ccc(C)cc1N)C(C)C. The second-order valence-corrected chi connectivity index (χ2v) is 4.68. The molecular formula is C14H22N2O2. The van der Waals surface area contributed by atoms with E-state index >= 15 is 0 Å². The highest BCUT2D eigenvalue weighted by Crippen LogP contribution is 2.17. The molecule has 0 radical (unpaired) electrons. The molecule has 0 aliphatic carbocycles. The first kappa shape index (κ1) is 14.5. The van der Waals surface area contributed by atoms with Crippen molar-refractivity contribution in [3.05, 3.63) is 29.3 Å². The predicted octanol–water partition coefficient (Wildman–Crippen LogP) is 2.07. The van der Waals surface area contributed by atoms with Gasteiger partial charge in [-0.3, -0.25) is 4.79 Å². The number of rotatable bonds is 5. The largest absolute Gasteiger partial charge is 0.398 e. The molecule has 2 N–H and O–H groups in total. The highest BCUT2D eigenvalue weighted by Gasteiger charge is 2.20. The van der Waals surface area contributed by atoms with Gasteiger partial charge in [0, 0.05) is 25.4 Å².